The van der Waals surface area contributed by atoms with Crippen molar-refractivity contribution in [3.63, 3.8) is 0 Å². The van der Waals surface area contributed by atoms with Crippen molar-refractivity contribution < 1.29 is 5.11 Å². The summed E-state index contributed by atoms with van der Waals surface area (Å²) in [5, 5.41) is 17.2. The van der Waals surface area contributed by atoms with E-state index in [1.807, 2.05) is 28.0 Å². The number of nitrogens with zero attached hydrogens (tertiary/aromatic N) is 6. The average molecular weight is 352 g/mol. The standard InChI is InChI=1S/C19H24N6O/c26-14-18-13-25(22-21-18)12-17-2-1-8-23(11-17)10-16-3-5-19(6-4-16)24-9-7-20-15-24/h3-7,9,13,15,17,26H,1-2,8,10-12,14H2. The quantitative estimate of drug-likeness (QED) is 0.733. The molecule has 136 valence electrons. The van der Waals surface area contributed by atoms with Crippen molar-refractivity contribution in [3.8, 4) is 5.69 Å². The molecule has 1 saturated heterocycles. The van der Waals surface area contributed by atoms with Crippen molar-refractivity contribution in [1.29, 1.82) is 0 Å². The molecular formula is C19H24N6O. The number of likely N-dealkylation sites (tertiary alicyclic amines) is 1. The van der Waals surface area contributed by atoms with E-state index in [2.05, 4.69) is 44.5 Å². The van der Waals surface area contributed by atoms with E-state index in [9.17, 15) is 0 Å². The van der Waals surface area contributed by atoms with Crippen LogP contribution in [0.1, 0.15) is 24.1 Å². The summed E-state index contributed by atoms with van der Waals surface area (Å²) in [5.41, 5.74) is 3.10. The Kier molecular flexibility index (Phi) is 5.08. The third kappa shape index (κ3) is 4.00. The van der Waals surface area contributed by atoms with Crippen LogP contribution >= 0.6 is 0 Å². The highest BCUT2D eigenvalue weighted by Gasteiger charge is 2.21. The second kappa shape index (κ2) is 7.80. The van der Waals surface area contributed by atoms with E-state index in [0.717, 1.165) is 31.9 Å². The van der Waals surface area contributed by atoms with Gasteiger partial charge in [0.25, 0.3) is 0 Å². The molecule has 7 heteroatoms. The van der Waals surface area contributed by atoms with Crippen LogP contribution in [-0.2, 0) is 19.7 Å². The Hall–Kier alpha value is -2.51. The first-order valence-corrected chi connectivity index (χ1v) is 9.09. The van der Waals surface area contributed by atoms with Crippen LogP contribution < -0.4 is 0 Å². The number of piperidine rings is 1. The van der Waals surface area contributed by atoms with Crippen LogP contribution in [0, 0.1) is 5.92 Å². The van der Waals surface area contributed by atoms with E-state index in [1.54, 1.807) is 6.20 Å². The van der Waals surface area contributed by atoms with Crippen LogP contribution in [0.5, 0.6) is 0 Å². The Morgan fingerprint density at radius 1 is 1.19 bits per heavy atom. The molecule has 2 aromatic heterocycles. The SMILES string of the molecule is OCc1cn(CC2CCCN(Cc3ccc(-n4ccnc4)cc3)C2)nn1. The van der Waals surface area contributed by atoms with Crippen LogP contribution in [0.4, 0.5) is 0 Å². The number of benzene rings is 1. The van der Waals surface area contributed by atoms with Gasteiger partial charge in [-0.05, 0) is 43.0 Å². The Balaban J connectivity index is 1.34. The minimum Gasteiger partial charge on any atom is -0.390 e. The number of aromatic nitrogens is 5. The molecule has 0 saturated carbocycles. The summed E-state index contributed by atoms with van der Waals surface area (Å²) in [6, 6.07) is 8.68. The van der Waals surface area contributed by atoms with Crippen LogP contribution in [0.2, 0.25) is 0 Å². The normalized spacial score (nSPS) is 18.3. The third-order valence-corrected chi connectivity index (χ3v) is 4.94. The van der Waals surface area contributed by atoms with Crippen molar-refractivity contribution in [2.75, 3.05) is 13.1 Å². The van der Waals surface area contributed by atoms with Gasteiger partial charge in [0.15, 0.2) is 0 Å². The minimum atomic E-state index is -0.0497. The van der Waals surface area contributed by atoms with Gasteiger partial charge in [0, 0.05) is 37.7 Å². The average Bonchev–Trinajstić information content (AvgIpc) is 3.34. The first-order valence-electron chi connectivity index (χ1n) is 9.09. The van der Waals surface area contributed by atoms with E-state index in [4.69, 9.17) is 5.11 Å². The molecule has 1 aliphatic rings. The second-order valence-electron chi connectivity index (χ2n) is 6.97. The lowest BCUT2D eigenvalue weighted by Crippen LogP contribution is -2.36. The highest BCUT2D eigenvalue weighted by atomic mass is 16.3. The predicted octanol–water partition coefficient (Wildman–Crippen LogP) is 1.87. The molecule has 1 aromatic carbocycles. The molecule has 26 heavy (non-hydrogen) atoms. The first-order chi connectivity index (χ1) is 12.8. The summed E-state index contributed by atoms with van der Waals surface area (Å²) < 4.78 is 3.87. The number of imidazole rings is 1. The maximum absolute atomic E-state index is 9.11. The molecule has 0 aliphatic carbocycles. The van der Waals surface area contributed by atoms with Crippen molar-refractivity contribution in [2.45, 2.75) is 32.5 Å². The van der Waals surface area contributed by atoms with Gasteiger partial charge in [0.2, 0.25) is 0 Å². The molecule has 1 N–H and O–H groups in total. The van der Waals surface area contributed by atoms with Crippen molar-refractivity contribution in [1.82, 2.24) is 29.4 Å². The molecule has 3 heterocycles. The molecule has 1 unspecified atom stereocenters. The summed E-state index contributed by atoms with van der Waals surface area (Å²) >= 11 is 0. The Labute approximate surface area is 152 Å². The number of rotatable bonds is 6. The zero-order valence-corrected chi connectivity index (χ0v) is 14.8. The molecule has 1 aliphatic heterocycles. The van der Waals surface area contributed by atoms with Gasteiger partial charge in [-0.15, -0.1) is 5.10 Å². The summed E-state index contributed by atoms with van der Waals surface area (Å²) in [7, 11) is 0. The Morgan fingerprint density at radius 3 is 2.81 bits per heavy atom. The van der Waals surface area contributed by atoms with Crippen LogP contribution in [0.15, 0.2) is 49.2 Å². The van der Waals surface area contributed by atoms with Crippen LogP contribution in [0.3, 0.4) is 0 Å². The summed E-state index contributed by atoms with van der Waals surface area (Å²) in [6.07, 6.45) is 9.82. The van der Waals surface area contributed by atoms with Gasteiger partial charge in [-0.2, -0.15) is 0 Å². The highest BCUT2D eigenvalue weighted by Crippen LogP contribution is 2.20. The van der Waals surface area contributed by atoms with Crippen molar-refractivity contribution >= 4 is 0 Å². The predicted molar refractivity (Wildman–Crippen MR) is 97.5 cm³/mol. The number of hydrogen-bond donors (Lipinski definition) is 1. The van der Waals surface area contributed by atoms with Crippen LogP contribution in [0.25, 0.3) is 5.69 Å². The molecular weight excluding hydrogens is 328 g/mol. The molecule has 4 rings (SSSR count). The largest absolute Gasteiger partial charge is 0.390 e. The van der Waals surface area contributed by atoms with Gasteiger partial charge in [0.1, 0.15) is 5.69 Å². The summed E-state index contributed by atoms with van der Waals surface area (Å²) in [6.45, 7) is 3.99. The summed E-state index contributed by atoms with van der Waals surface area (Å²) in [5.74, 6) is 0.571. The first kappa shape index (κ1) is 16.9. The Morgan fingerprint density at radius 2 is 2.08 bits per heavy atom. The molecule has 0 spiro atoms. The molecule has 0 radical (unpaired) electrons. The molecule has 1 fully saturated rings. The number of hydrogen-bond acceptors (Lipinski definition) is 5. The smallest absolute Gasteiger partial charge is 0.108 e. The van der Waals surface area contributed by atoms with E-state index >= 15 is 0 Å². The summed E-state index contributed by atoms with van der Waals surface area (Å²) in [4.78, 5) is 6.61. The fraction of sp³-hybridized carbons (Fsp3) is 0.421. The van der Waals surface area contributed by atoms with Gasteiger partial charge in [-0.25, -0.2) is 4.98 Å². The zero-order chi connectivity index (χ0) is 17.8. The van der Waals surface area contributed by atoms with Gasteiger partial charge in [0.05, 0.1) is 19.1 Å². The maximum atomic E-state index is 9.11. The van der Waals surface area contributed by atoms with E-state index in [-0.39, 0.29) is 6.61 Å². The molecule has 0 amide bonds. The van der Waals surface area contributed by atoms with Crippen molar-refractivity contribution in [3.05, 3.63) is 60.4 Å². The van der Waals surface area contributed by atoms with Crippen LogP contribution in [-0.4, -0.2) is 47.6 Å². The van der Waals surface area contributed by atoms with E-state index in [0.29, 0.717) is 11.6 Å². The topological polar surface area (TPSA) is 72.0 Å². The molecule has 1 atom stereocenters. The second-order valence-corrected chi connectivity index (χ2v) is 6.97. The number of aliphatic hydroxyl groups is 1. The third-order valence-electron chi connectivity index (χ3n) is 4.94. The van der Waals surface area contributed by atoms with Gasteiger partial charge < -0.3 is 9.67 Å². The van der Waals surface area contributed by atoms with E-state index in [1.165, 1.54) is 18.4 Å². The fourth-order valence-electron chi connectivity index (χ4n) is 3.65. The Bertz CT molecular complexity index is 811. The van der Waals surface area contributed by atoms with E-state index < -0.39 is 0 Å². The van der Waals surface area contributed by atoms with Gasteiger partial charge >= 0.3 is 0 Å². The zero-order valence-electron chi connectivity index (χ0n) is 14.8. The molecule has 3 aromatic rings. The minimum absolute atomic E-state index is 0.0497. The van der Waals surface area contributed by atoms with Gasteiger partial charge in [-0.1, -0.05) is 17.3 Å². The monoisotopic (exact) mass is 352 g/mol. The van der Waals surface area contributed by atoms with Gasteiger partial charge in [-0.3, -0.25) is 9.58 Å². The van der Waals surface area contributed by atoms with Crippen molar-refractivity contribution in [2.24, 2.45) is 5.92 Å². The lowest BCUT2D eigenvalue weighted by Gasteiger charge is -2.32. The maximum Gasteiger partial charge on any atom is 0.108 e. The molecule has 0 bridgehead atoms. The number of aliphatic hydroxyl groups excluding tert-OH is 1. The lowest BCUT2D eigenvalue weighted by molar-refractivity contribution is 0.153. The lowest BCUT2D eigenvalue weighted by atomic mass is 9.97. The fourth-order valence-corrected chi connectivity index (χ4v) is 3.65. The highest BCUT2D eigenvalue weighted by molar-refractivity contribution is 5.34. The molecule has 7 nitrogen and oxygen atoms in total.